The molecule has 8 heteroatoms. The quantitative estimate of drug-likeness (QED) is 0.740. The third-order valence-corrected chi connectivity index (χ3v) is 3.81. The molecule has 0 saturated carbocycles. The lowest BCUT2D eigenvalue weighted by atomic mass is 10.1. The summed E-state index contributed by atoms with van der Waals surface area (Å²) in [4.78, 5) is 12.2. The summed E-state index contributed by atoms with van der Waals surface area (Å²) in [6.07, 6.45) is -5.73. The zero-order valence-corrected chi connectivity index (χ0v) is 12.4. The SMILES string of the molecule is CC1=NN(C(=O)c2ccccc2I)[C@@](O)(C(F)(F)F)C1. The molecular weight excluding hydrogens is 388 g/mol. The second-order valence-electron chi connectivity index (χ2n) is 4.42. The molecule has 1 aliphatic heterocycles. The molecule has 1 amide bonds. The van der Waals surface area contributed by atoms with Crippen molar-refractivity contribution in [2.45, 2.75) is 25.2 Å². The molecule has 20 heavy (non-hydrogen) atoms. The lowest BCUT2D eigenvalue weighted by Crippen LogP contribution is -2.56. The first-order valence-corrected chi connectivity index (χ1v) is 6.67. The molecule has 0 saturated heterocycles. The number of amides is 1. The van der Waals surface area contributed by atoms with Gasteiger partial charge in [-0.15, -0.1) is 0 Å². The molecule has 1 atom stereocenters. The van der Waals surface area contributed by atoms with Crippen LogP contribution in [0.4, 0.5) is 13.2 Å². The monoisotopic (exact) mass is 398 g/mol. The highest BCUT2D eigenvalue weighted by atomic mass is 127. The van der Waals surface area contributed by atoms with E-state index >= 15 is 0 Å². The van der Waals surface area contributed by atoms with E-state index in [1.807, 2.05) is 22.6 Å². The molecule has 1 aliphatic rings. The van der Waals surface area contributed by atoms with Crippen molar-refractivity contribution in [1.82, 2.24) is 5.01 Å². The molecule has 0 aromatic heterocycles. The second kappa shape index (κ2) is 4.99. The first-order valence-electron chi connectivity index (χ1n) is 5.59. The maximum atomic E-state index is 13.0. The van der Waals surface area contributed by atoms with Crippen LogP contribution in [-0.4, -0.2) is 33.6 Å². The molecule has 2 rings (SSSR count). The van der Waals surface area contributed by atoms with E-state index in [4.69, 9.17) is 0 Å². The van der Waals surface area contributed by atoms with Crippen LogP contribution in [-0.2, 0) is 0 Å². The van der Waals surface area contributed by atoms with Crippen molar-refractivity contribution in [2.75, 3.05) is 0 Å². The fourth-order valence-electron chi connectivity index (χ4n) is 1.90. The van der Waals surface area contributed by atoms with Gasteiger partial charge in [0.15, 0.2) is 0 Å². The number of nitrogens with zero attached hydrogens (tertiary/aromatic N) is 2. The van der Waals surface area contributed by atoms with Gasteiger partial charge in [-0.3, -0.25) is 4.79 Å². The molecule has 1 aromatic carbocycles. The summed E-state index contributed by atoms with van der Waals surface area (Å²) in [7, 11) is 0. The topological polar surface area (TPSA) is 52.9 Å². The minimum atomic E-state index is -4.98. The Hall–Kier alpha value is -1.16. The summed E-state index contributed by atoms with van der Waals surface area (Å²) >= 11 is 1.84. The minimum absolute atomic E-state index is 0.0455. The van der Waals surface area contributed by atoms with Crippen molar-refractivity contribution in [2.24, 2.45) is 5.10 Å². The van der Waals surface area contributed by atoms with Crippen molar-refractivity contribution in [3.05, 3.63) is 33.4 Å². The van der Waals surface area contributed by atoms with Crippen LogP contribution in [0.15, 0.2) is 29.4 Å². The Morgan fingerprint density at radius 3 is 2.60 bits per heavy atom. The molecule has 0 spiro atoms. The number of aliphatic hydroxyl groups is 1. The molecule has 1 heterocycles. The third kappa shape index (κ3) is 2.41. The summed E-state index contributed by atoms with van der Waals surface area (Å²) in [5, 5.41) is 13.5. The summed E-state index contributed by atoms with van der Waals surface area (Å²) < 4.78 is 39.6. The number of hydrogen-bond donors (Lipinski definition) is 1. The summed E-state index contributed by atoms with van der Waals surface area (Å²) in [6.45, 7) is 1.33. The van der Waals surface area contributed by atoms with Gasteiger partial charge in [0.05, 0.1) is 5.56 Å². The fourth-order valence-corrected chi connectivity index (χ4v) is 2.52. The minimum Gasteiger partial charge on any atom is -0.362 e. The lowest BCUT2D eigenvalue weighted by molar-refractivity contribution is -0.297. The maximum absolute atomic E-state index is 13.0. The van der Waals surface area contributed by atoms with Crippen LogP contribution in [0.25, 0.3) is 0 Å². The van der Waals surface area contributed by atoms with E-state index in [2.05, 4.69) is 5.10 Å². The van der Waals surface area contributed by atoms with Gasteiger partial charge in [0.1, 0.15) is 0 Å². The number of carbonyl (C=O) groups is 1. The van der Waals surface area contributed by atoms with Gasteiger partial charge in [0.25, 0.3) is 11.6 Å². The maximum Gasteiger partial charge on any atom is 0.438 e. The normalized spacial score (nSPS) is 22.9. The number of benzene rings is 1. The van der Waals surface area contributed by atoms with Gasteiger partial charge in [0, 0.05) is 15.7 Å². The number of alkyl halides is 3. The van der Waals surface area contributed by atoms with Gasteiger partial charge in [-0.25, -0.2) is 0 Å². The standard InChI is InChI=1S/C12H10F3IN2O2/c1-7-6-11(20,12(13,14)15)18(17-7)10(19)8-4-2-3-5-9(8)16/h2-5,20H,6H2,1H3/t11-/m0/s1. The van der Waals surface area contributed by atoms with Crippen molar-refractivity contribution >= 4 is 34.2 Å². The Kier molecular flexibility index (Phi) is 3.80. The van der Waals surface area contributed by atoms with Gasteiger partial charge in [-0.2, -0.15) is 23.3 Å². The Morgan fingerprint density at radius 1 is 1.45 bits per heavy atom. The van der Waals surface area contributed by atoms with E-state index in [0.717, 1.165) is 0 Å². The molecular formula is C12H10F3IN2O2. The molecule has 1 aromatic rings. The van der Waals surface area contributed by atoms with Crippen LogP contribution >= 0.6 is 22.6 Å². The Labute approximate surface area is 126 Å². The zero-order chi connectivity index (χ0) is 15.1. The van der Waals surface area contributed by atoms with Crippen molar-refractivity contribution < 1.29 is 23.1 Å². The smallest absolute Gasteiger partial charge is 0.362 e. The molecule has 0 bridgehead atoms. The molecule has 108 valence electrons. The number of carbonyl (C=O) groups excluding carboxylic acids is 1. The first kappa shape index (κ1) is 15.2. The van der Waals surface area contributed by atoms with Crippen LogP contribution in [0.3, 0.4) is 0 Å². The molecule has 0 aliphatic carbocycles. The predicted octanol–water partition coefficient (Wildman–Crippen LogP) is 2.76. The molecule has 4 nitrogen and oxygen atoms in total. The van der Waals surface area contributed by atoms with Gasteiger partial charge >= 0.3 is 6.18 Å². The summed E-state index contributed by atoms with van der Waals surface area (Å²) in [5.41, 5.74) is -3.18. The van der Waals surface area contributed by atoms with Crippen LogP contribution in [0.1, 0.15) is 23.7 Å². The Bertz CT molecular complexity index is 588. The van der Waals surface area contributed by atoms with Crippen molar-refractivity contribution in [1.29, 1.82) is 0 Å². The van der Waals surface area contributed by atoms with Crippen LogP contribution < -0.4 is 0 Å². The van der Waals surface area contributed by atoms with E-state index in [9.17, 15) is 23.1 Å². The Morgan fingerprint density at radius 2 is 2.05 bits per heavy atom. The predicted molar refractivity (Wildman–Crippen MR) is 74.1 cm³/mol. The largest absolute Gasteiger partial charge is 0.438 e. The first-order chi connectivity index (χ1) is 9.17. The highest BCUT2D eigenvalue weighted by Gasteiger charge is 2.62. The van der Waals surface area contributed by atoms with E-state index in [-0.39, 0.29) is 16.3 Å². The number of rotatable bonds is 1. The average molecular weight is 398 g/mol. The van der Waals surface area contributed by atoms with Gasteiger partial charge in [0.2, 0.25) is 0 Å². The zero-order valence-electron chi connectivity index (χ0n) is 10.3. The molecule has 1 N–H and O–H groups in total. The number of hydrazone groups is 1. The highest BCUT2D eigenvalue weighted by molar-refractivity contribution is 14.1. The lowest BCUT2D eigenvalue weighted by Gasteiger charge is -2.32. The van der Waals surface area contributed by atoms with E-state index in [1.54, 1.807) is 12.1 Å². The van der Waals surface area contributed by atoms with Gasteiger partial charge in [-0.1, -0.05) is 12.1 Å². The van der Waals surface area contributed by atoms with E-state index in [0.29, 0.717) is 3.57 Å². The van der Waals surface area contributed by atoms with Crippen LogP contribution in [0.5, 0.6) is 0 Å². The fraction of sp³-hybridized carbons (Fsp3) is 0.333. The average Bonchev–Trinajstić information content (AvgIpc) is 2.65. The number of halogens is 4. The molecule has 0 fully saturated rings. The van der Waals surface area contributed by atoms with E-state index in [1.165, 1.54) is 19.1 Å². The van der Waals surface area contributed by atoms with Crippen LogP contribution in [0.2, 0.25) is 0 Å². The second-order valence-corrected chi connectivity index (χ2v) is 5.59. The molecule has 0 unspecified atom stereocenters. The molecule has 0 radical (unpaired) electrons. The highest BCUT2D eigenvalue weighted by Crippen LogP contribution is 2.41. The summed E-state index contributed by atoms with van der Waals surface area (Å²) in [5.74, 6) is -0.980. The van der Waals surface area contributed by atoms with E-state index < -0.39 is 24.2 Å². The van der Waals surface area contributed by atoms with Gasteiger partial charge < -0.3 is 5.11 Å². The summed E-state index contributed by atoms with van der Waals surface area (Å²) in [6, 6.07) is 6.18. The number of hydrogen-bond acceptors (Lipinski definition) is 3. The third-order valence-electron chi connectivity index (χ3n) is 2.87. The van der Waals surface area contributed by atoms with Crippen molar-refractivity contribution in [3.8, 4) is 0 Å². The van der Waals surface area contributed by atoms with Crippen LogP contribution in [0, 0.1) is 3.57 Å². The van der Waals surface area contributed by atoms with Gasteiger partial charge in [-0.05, 0) is 41.6 Å². The van der Waals surface area contributed by atoms with Crippen molar-refractivity contribution in [3.63, 3.8) is 0 Å². The Balaban J connectivity index is 2.45.